The van der Waals surface area contributed by atoms with Crippen LogP contribution in [0.4, 0.5) is 0 Å². The second kappa shape index (κ2) is 9.91. The summed E-state index contributed by atoms with van der Waals surface area (Å²) in [7, 11) is -3.10. The van der Waals surface area contributed by atoms with Crippen molar-refractivity contribution in [3.8, 4) is 0 Å². The zero-order chi connectivity index (χ0) is 15.6. The molecule has 0 rings (SSSR count). The highest BCUT2D eigenvalue weighted by Gasteiger charge is 2.24. The van der Waals surface area contributed by atoms with E-state index >= 15 is 0 Å². The van der Waals surface area contributed by atoms with Crippen molar-refractivity contribution >= 4 is 7.60 Å². The molecule has 20 heavy (non-hydrogen) atoms. The molecule has 6 heteroatoms. The summed E-state index contributed by atoms with van der Waals surface area (Å²) in [6.45, 7) is 11.4. The number of aliphatic hydroxyl groups excluding tert-OH is 1. The third kappa shape index (κ3) is 11.9. The van der Waals surface area contributed by atoms with E-state index in [1.165, 1.54) is 0 Å². The molecule has 5 nitrogen and oxygen atoms in total. The normalized spacial score (nSPS) is 15.6. The smallest absolute Gasteiger partial charge is 0.332 e. The first-order valence-electron chi connectivity index (χ1n) is 7.42. The Labute approximate surface area is 124 Å². The summed E-state index contributed by atoms with van der Waals surface area (Å²) in [4.78, 5) is 0. The lowest BCUT2D eigenvalue weighted by Gasteiger charge is -2.23. The Balaban J connectivity index is 4.17. The molecule has 0 saturated heterocycles. The number of rotatable bonds is 11. The summed E-state index contributed by atoms with van der Waals surface area (Å²) < 4.78 is 23.2. The highest BCUT2D eigenvalue weighted by Crippen LogP contribution is 2.47. The van der Waals surface area contributed by atoms with Gasteiger partial charge in [0.25, 0.3) is 0 Å². The summed E-state index contributed by atoms with van der Waals surface area (Å²) in [6.07, 6.45) is 2.24. The van der Waals surface area contributed by atoms with E-state index in [4.69, 9.17) is 14.2 Å². The lowest BCUT2D eigenvalue weighted by Crippen LogP contribution is -2.37. The van der Waals surface area contributed by atoms with Crippen LogP contribution in [0.3, 0.4) is 0 Å². The highest BCUT2D eigenvalue weighted by molar-refractivity contribution is 7.53. The van der Waals surface area contributed by atoms with E-state index in [9.17, 15) is 4.57 Å². The SMILES string of the molecule is CC(C)CCCOP(=O)(CCNC(C)(C)C)OCCO. The average molecular weight is 309 g/mol. The molecule has 0 aliphatic heterocycles. The topological polar surface area (TPSA) is 67.8 Å². The van der Waals surface area contributed by atoms with E-state index in [2.05, 4.69) is 39.9 Å². The molecule has 0 heterocycles. The van der Waals surface area contributed by atoms with Crippen LogP contribution >= 0.6 is 7.60 Å². The van der Waals surface area contributed by atoms with Gasteiger partial charge in [0.1, 0.15) is 0 Å². The lowest BCUT2D eigenvalue weighted by atomic mass is 10.1. The van der Waals surface area contributed by atoms with Crippen molar-refractivity contribution in [2.75, 3.05) is 32.5 Å². The van der Waals surface area contributed by atoms with Crippen molar-refractivity contribution in [3.63, 3.8) is 0 Å². The Morgan fingerprint density at radius 2 is 1.80 bits per heavy atom. The Morgan fingerprint density at radius 3 is 2.30 bits per heavy atom. The molecular formula is C14H32NO4P. The van der Waals surface area contributed by atoms with E-state index in [-0.39, 0.29) is 18.8 Å². The van der Waals surface area contributed by atoms with Crippen LogP contribution in [0.1, 0.15) is 47.5 Å². The second-order valence-electron chi connectivity index (χ2n) is 6.44. The summed E-state index contributed by atoms with van der Waals surface area (Å²) in [5.74, 6) is 0.610. The van der Waals surface area contributed by atoms with Gasteiger partial charge >= 0.3 is 7.60 Å². The summed E-state index contributed by atoms with van der Waals surface area (Å²) >= 11 is 0. The van der Waals surface area contributed by atoms with Gasteiger partial charge in [-0.1, -0.05) is 13.8 Å². The average Bonchev–Trinajstić information content (AvgIpc) is 2.30. The maximum absolute atomic E-state index is 12.5. The van der Waals surface area contributed by atoms with Gasteiger partial charge < -0.3 is 19.5 Å². The molecule has 122 valence electrons. The first kappa shape index (κ1) is 20.1. The molecule has 2 N–H and O–H groups in total. The van der Waals surface area contributed by atoms with Gasteiger partial charge in [-0.05, 0) is 39.5 Å². The molecule has 0 aliphatic rings. The Hall–Kier alpha value is 0.0700. The largest absolute Gasteiger partial charge is 0.394 e. The standard InChI is InChI=1S/C14H32NO4P/c1-13(2)7-6-10-18-20(17,19-11-9-16)12-8-15-14(3,4)5/h13,15-16H,6-12H2,1-5H3. The van der Waals surface area contributed by atoms with Crippen LogP contribution in [-0.2, 0) is 13.6 Å². The van der Waals surface area contributed by atoms with Gasteiger partial charge in [0.15, 0.2) is 0 Å². The summed E-state index contributed by atoms with van der Waals surface area (Å²) in [5.41, 5.74) is -0.0283. The van der Waals surface area contributed by atoms with E-state index in [0.29, 0.717) is 25.2 Å². The van der Waals surface area contributed by atoms with Gasteiger partial charge in [-0.3, -0.25) is 4.57 Å². The molecule has 0 aromatic carbocycles. The Bertz CT molecular complexity index is 289. The molecule has 0 amide bonds. The van der Waals surface area contributed by atoms with Gasteiger partial charge in [-0.2, -0.15) is 0 Å². The predicted molar refractivity (Wildman–Crippen MR) is 83.3 cm³/mol. The fraction of sp³-hybridized carbons (Fsp3) is 1.00. The number of aliphatic hydroxyl groups is 1. The molecule has 0 aliphatic carbocycles. The molecule has 1 unspecified atom stereocenters. The molecule has 0 bridgehead atoms. The lowest BCUT2D eigenvalue weighted by molar-refractivity contribution is 0.159. The van der Waals surface area contributed by atoms with Crippen LogP contribution in [0, 0.1) is 5.92 Å². The molecule has 0 saturated carbocycles. The first-order chi connectivity index (χ1) is 9.18. The third-order valence-electron chi connectivity index (χ3n) is 2.63. The van der Waals surface area contributed by atoms with Gasteiger partial charge in [0.2, 0.25) is 0 Å². The van der Waals surface area contributed by atoms with E-state index in [1.807, 2.05) is 0 Å². The fourth-order valence-electron chi connectivity index (χ4n) is 1.61. The summed E-state index contributed by atoms with van der Waals surface area (Å²) in [6, 6.07) is 0. The van der Waals surface area contributed by atoms with Crippen LogP contribution in [0.25, 0.3) is 0 Å². The van der Waals surface area contributed by atoms with Crippen molar-refractivity contribution in [1.82, 2.24) is 5.32 Å². The molecule has 0 radical (unpaired) electrons. The molecule has 0 spiro atoms. The van der Waals surface area contributed by atoms with Crippen LogP contribution < -0.4 is 5.32 Å². The van der Waals surface area contributed by atoms with Crippen molar-refractivity contribution in [2.24, 2.45) is 5.92 Å². The number of hydrogen-bond acceptors (Lipinski definition) is 5. The van der Waals surface area contributed by atoms with E-state index < -0.39 is 7.60 Å². The molecular weight excluding hydrogens is 277 g/mol. The molecule has 0 fully saturated rings. The van der Waals surface area contributed by atoms with Gasteiger partial charge in [-0.25, -0.2) is 0 Å². The van der Waals surface area contributed by atoms with E-state index in [1.54, 1.807) is 0 Å². The molecule has 0 aromatic rings. The minimum atomic E-state index is -3.10. The minimum Gasteiger partial charge on any atom is -0.394 e. The predicted octanol–water partition coefficient (Wildman–Crippen LogP) is 3.03. The maximum Gasteiger partial charge on any atom is 0.332 e. The van der Waals surface area contributed by atoms with Crippen molar-refractivity contribution in [1.29, 1.82) is 0 Å². The minimum absolute atomic E-state index is 0.0283. The first-order valence-corrected chi connectivity index (χ1v) is 9.15. The quantitative estimate of drug-likeness (QED) is 0.453. The highest BCUT2D eigenvalue weighted by atomic mass is 31.2. The molecule has 0 aromatic heterocycles. The number of nitrogens with one attached hydrogen (secondary N) is 1. The van der Waals surface area contributed by atoms with Gasteiger partial charge in [0, 0.05) is 12.1 Å². The van der Waals surface area contributed by atoms with Crippen molar-refractivity contribution < 1.29 is 18.7 Å². The third-order valence-corrected chi connectivity index (χ3v) is 4.56. The van der Waals surface area contributed by atoms with E-state index in [0.717, 1.165) is 12.8 Å². The Kier molecular flexibility index (Phi) is 9.94. The fourth-order valence-corrected chi connectivity index (χ4v) is 3.09. The monoisotopic (exact) mass is 309 g/mol. The zero-order valence-electron chi connectivity index (χ0n) is 13.6. The molecule has 1 atom stereocenters. The summed E-state index contributed by atoms with van der Waals surface area (Å²) in [5, 5.41) is 12.1. The van der Waals surface area contributed by atoms with Crippen LogP contribution in [0.5, 0.6) is 0 Å². The van der Waals surface area contributed by atoms with Crippen LogP contribution in [0.15, 0.2) is 0 Å². The van der Waals surface area contributed by atoms with Crippen molar-refractivity contribution in [3.05, 3.63) is 0 Å². The second-order valence-corrected chi connectivity index (χ2v) is 8.62. The van der Waals surface area contributed by atoms with Gasteiger partial charge in [0.05, 0.1) is 26.0 Å². The van der Waals surface area contributed by atoms with Crippen molar-refractivity contribution in [2.45, 2.75) is 53.0 Å². The number of hydrogen-bond donors (Lipinski definition) is 2. The van der Waals surface area contributed by atoms with Crippen LogP contribution in [-0.4, -0.2) is 43.2 Å². The zero-order valence-corrected chi connectivity index (χ0v) is 14.5. The van der Waals surface area contributed by atoms with Crippen LogP contribution in [0.2, 0.25) is 0 Å². The van der Waals surface area contributed by atoms with Gasteiger partial charge in [-0.15, -0.1) is 0 Å². The maximum atomic E-state index is 12.5. The Morgan fingerprint density at radius 1 is 1.20 bits per heavy atom.